The van der Waals surface area contributed by atoms with E-state index in [0.29, 0.717) is 32.9 Å². The summed E-state index contributed by atoms with van der Waals surface area (Å²) < 4.78 is 17.5. The van der Waals surface area contributed by atoms with Crippen molar-refractivity contribution in [1.29, 1.82) is 0 Å². The molecule has 0 saturated carbocycles. The van der Waals surface area contributed by atoms with Gasteiger partial charge in [0.15, 0.2) is 9.76 Å². The van der Waals surface area contributed by atoms with E-state index in [0.717, 1.165) is 18.4 Å². The summed E-state index contributed by atoms with van der Waals surface area (Å²) in [5.74, 6) is -0.263. The quantitative estimate of drug-likeness (QED) is 0.295. The number of ether oxygens (including phenoxy) is 2. The molecule has 0 rings (SSSR count). The van der Waals surface area contributed by atoms with Crippen molar-refractivity contribution in [3.8, 4) is 0 Å². The van der Waals surface area contributed by atoms with E-state index in [-0.39, 0.29) is 5.97 Å². The maximum absolute atomic E-state index is 13.1. The molecule has 3 atom stereocenters. The van der Waals surface area contributed by atoms with E-state index < -0.39 is 31.0 Å². The second kappa shape index (κ2) is 9.98. The number of esters is 1. The maximum Gasteiger partial charge on any atom is 0.334 e. The van der Waals surface area contributed by atoms with Crippen LogP contribution in [0.15, 0.2) is 11.1 Å². The van der Waals surface area contributed by atoms with Crippen molar-refractivity contribution >= 4 is 36.5 Å². The molecule has 0 bridgehead atoms. The number of carbonyl (C=O) groups excluding carboxylic acids is 1. The fourth-order valence-corrected chi connectivity index (χ4v) is 9.56. The summed E-state index contributed by atoms with van der Waals surface area (Å²) in [7, 11) is 1.75. The van der Waals surface area contributed by atoms with Gasteiger partial charge in [-0.05, 0) is 40.5 Å². The Balaban J connectivity index is 6.82. The van der Waals surface area contributed by atoms with Crippen molar-refractivity contribution in [3.63, 3.8) is 0 Å². The fourth-order valence-electron chi connectivity index (χ4n) is 4.45. The maximum atomic E-state index is 13.1. The lowest BCUT2D eigenvalue weighted by Gasteiger charge is -2.60. The van der Waals surface area contributed by atoms with E-state index in [1.54, 1.807) is 21.0 Å². The molecule has 0 saturated heterocycles. The van der Waals surface area contributed by atoms with Crippen molar-refractivity contribution < 1.29 is 23.5 Å². The Morgan fingerprint density at radius 2 is 1.67 bits per heavy atom. The molecule has 0 amide bonds. The van der Waals surface area contributed by atoms with Crippen LogP contribution in [0.5, 0.6) is 0 Å². The highest BCUT2D eigenvalue weighted by molar-refractivity contribution is 6.41. The van der Waals surface area contributed by atoms with Gasteiger partial charge in [0.25, 0.3) is 0 Å². The zero-order valence-electron chi connectivity index (χ0n) is 19.4. The molecule has 0 aromatic carbocycles. The molecule has 1 N–H and O–H groups in total. The Morgan fingerprint density at radius 1 is 1.15 bits per heavy atom. The third-order valence-electron chi connectivity index (χ3n) is 6.68. The van der Waals surface area contributed by atoms with Gasteiger partial charge < -0.3 is 18.7 Å². The third kappa shape index (κ3) is 4.84. The smallest absolute Gasteiger partial charge is 0.334 e. The number of allylic oxidation sites excluding steroid dienone is 1. The number of methoxy groups -OCH3 is 1. The van der Waals surface area contributed by atoms with Gasteiger partial charge in [0.1, 0.15) is 10.5 Å². The molecule has 0 aliphatic rings. The normalized spacial score (nSPS) is 19.5. The molecule has 0 aromatic rings. The van der Waals surface area contributed by atoms with Crippen LogP contribution in [0.2, 0.25) is 5.04 Å². The van der Waals surface area contributed by atoms with Gasteiger partial charge in [0, 0.05) is 33.4 Å². The number of carbonyl (C=O) groups is 1. The average molecular weight is 435 g/mol. The molecule has 0 radical (unpaired) electrons. The average Bonchev–Trinajstić information content (AvgIpc) is 2.56. The highest BCUT2D eigenvalue weighted by Crippen LogP contribution is 2.61. The zero-order chi connectivity index (χ0) is 21.7. The van der Waals surface area contributed by atoms with Gasteiger partial charge in [-0.25, -0.2) is 4.79 Å². The molecule has 0 aliphatic heterocycles. The van der Waals surface area contributed by atoms with E-state index in [1.165, 1.54) is 0 Å². The Kier molecular flexibility index (Phi) is 9.88. The van der Waals surface area contributed by atoms with Gasteiger partial charge in [0.2, 0.25) is 0 Å². The largest absolute Gasteiger partial charge is 0.467 e. The summed E-state index contributed by atoms with van der Waals surface area (Å²) in [6.07, 6.45) is 1.53. The molecule has 160 valence electrons. The summed E-state index contributed by atoms with van der Waals surface area (Å²) in [5, 5.41) is 9.80. The van der Waals surface area contributed by atoms with Gasteiger partial charge in [-0.15, -0.1) is 0 Å². The van der Waals surface area contributed by atoms with Gasteiger partial charge in [0.05, 0.1) is 17.4 Å². The predicted octanol–water partition coefficient (Wildman–Crippen LogP) is 0.731. The first-order chi connectivity index (χ1) is 12.2. The molecule has 0 fully saturated rings. The van der Waals surface area contributed by atoms with Crippen molar-refractivity contribution in [2.24, 2.45) is 5.41 Å². The lowest BCUT2D eigenvalue weighted by Crippen LogP contribution is -2.66. The molecule has 0 aromatic heterocycles. The standard InChI is InChI=1S/C19H42O5Si3/c1-10-12-23-15(20)14(13(3)4)18(8,27-24-26)17(7,11-2)19(25,22-9)16(5,6)21/h21H,10-12,27H2,1-9,25-26H3. The van der Waals surface area contributed by atoms with E-state index in [2.05, 4.69) is 20.8 Å². The van der Waals surface area contributed by atoms with Crippen molar-refractivity contribution in [1.82, 2.24) is 0 Å². The molecule has 8 heteroatoms. The molecule has 0 spiro atoms. The van der Waals surface area contributed by atoms with E-state index in [1.807, 2.05) is 20.8 Å². The fraction of sp³-hybridized carbons (Fsp3) is 0.842. The Hall–Kier alpha value is -0.259. The SMILES string of the molecule is CCCOC(=O)C(=C(C)C)C(C)([SiH2]O[SiH3])C(C)(CC)C([SiH3])(OC)C(C)(C)O. The van der Waals surface area contributed by atoms with Gasteiger partial charge in [-0.3, -0.25) is 0 Å². The Morgan fingerprint density at radius 3 is 1.96 bits per heavy atom. The highest BCUT2D eigenvalue weighted by Gasteiger charge is 2.63. The van der Waals surface area contributed by atoms with Crippen LogP contribution in [0, 0.1) is 5.41 Å². The van der Waals surface area contributed by atoms with Crippen LogP contribution in [0.1, 0.15) is 68.2 Å². The lowest BCUT2D eigenvalue weighted by atomic mass is 9.62. The first-order valence-corrected chi connectivity index (χ1v) is 13.0. The molecular weight excluding hydrogens is 392 g/mol. The first-order valence-electron chi connectivity index (χ1n) is 9.85. The summed E-state index contributed by atoms with van der Waals surface area (Å²) in [6, 6.07) is 0. The molecule has 3 unspecified atom stereocenters. The van der Waals surface area contributed by atoms with Crippen molar-refractivity contribution in [2.75, 3.05) is 13.7 Å². The number of hydrogen-bond acceptors (Lipinski definition) is 5. The van der Waals surface area contributed by atoms with E-state index >= 15 is 0 Å². The van der Waals surface area contributed by atoms with Crippen LogP contribution >= 0.6 is 0 Å². The molecular formula is C19H42O5Si3. The van der Waals surface area contributed by atoms with Crippen LogP contribution < -0.4 is 0 Å². The molecule has 27 heavy (non-hydrogen) atoms. The van der Waals surface area contributed by atoms with Gasteiger partial charge in [-0.1, -0.05) is 33.3 Å². The third-order valence-corrected chi connectivity index (χ3v) is 12.3. The number of aliphatic hydroxyl groups is 1. The minimum atomic E-state index is -1.15. The van der Waals surface area contributed by atoms with Crippen LogP contribution in [-0.4, -0.2) is 66.1 Å². The monoisotopic (exact) mass is 434 g/mol. The predicted molar refractivity (Wildman–Crippen MR) is 122 cm³/mol. The number of hydrogen-bond donors (Lipinski definition) is 1. The number of rotatable bonds is 11. The highest BCUT2D eigenvalue weighted by atomic mass is 28.3. The van der Waals surface area contributed by atoms with Crippen LogP contribution in [0.25, 0.3) is 0 Å². The molecule has 0 aliphatic carbocycles. The van der Waals surface area contributed by atoms with Crippen LogP contribution in [0.4, 0.5) is 0 Å². The Labute approximate surface area is 174 Å². The van der Waals surface area contributed by atoms with Gasteiger partial charge in [-0.2, -0.15) is 0 Å². The lowest BCUT2D eigenvalue weighted by molar-refractivity contribution is -0.173. The second-order valence-corrected chi connectivity index (χ2v) is 14.2. The van der Waals surface area contributed by atoms with E-state index in [4.69, 9.17) is 13.6 Å². The summed E-state index contributed by atoms with van der Waals surface area (Å²) in [5.41, 5.74) is 0.0950. The van der Waals surface area contributed by atoms with Crippen LogP contribution in [-0.2, 0) is 18.4 Å². The first kappa shape index (κ1) is 26.7. The minimum Gasteiger partial charge on any atom is -0.467 e. The van der Waals surface area contributed by atoms with E-state index in [9.17, 15) is 9.90 Å². The minimum absolute atomic E-state index is 0.263. The second-order valence-electron chi connectivity index (χ2n) is 8.76. The molecule has 0 heterocycles. The van der Waals surface area contributed by atoms with Crippen molar-refractivity contribution in [2.45, 2.75) is 84.1 Å². The summed E-state index contributed by atoms with van der Waals surface area (Å²) in [6.45, 7) is 16.3. The summed E-state index contributed by atoms with van der Waals surface area (Å²) in [4.78, 5) is 13.1. The summed E-state index contributed by atoms with van der Waals surface area (Å²) >= 11 is 0. The topological polar surface area (TPSA) is 65.0 Å². The Bertz CT molecular complexity index is 542. The van der Waals surface area contributed by atoms with Crippen LogP contribution in [0.3, 0.4) is 0 Å². The van der Waals surface area contributed by atoms with Gasteiger partial charge >= 0.3 is 5.97 Å². The van der Waals surface area contributed by atoms with Crippen molar-refractivity contribution in [3.05, 3.63) is 11.1 Å². The zero-order valence-corrected chi connectivity index (χ0v) is 24.8. The molecule has 5 nitrogen and oxygen atoms in total.